The Morgan fingerprint density at radius 3 is 2.44 bits per heavy atom. The van der Waals surface area contributed by atoms with Crippen LogP contribution < -0.4 is 19.6 Å². The molecule has 0 aliphatic heterocycles. The number of halogens is 2. The zero-order valence-electron chi connectivity index (χ0n) is 20.6. The second kappa shape index (κ2) is 10.2. The van der Waals surface area contributed by atoms with E-state index in [1.54, 1.807) is 43.2 Å². The van der Waals surface area contributed by atoms with Crippen LogP contribution in [0.25, 0.3) is 39.4 Å². The fourth-order valence-corrected chi connectivity index (χ4v) is 5.57. The number of benzene rings is 3. The van der Waals surface area contributed by atoms with E-state index in [4.69, 9.17) is 37.8 Å². The van der Waals surface area contributed by atoms with Gasteiger partial charge in [-0.2, -0.15) is 14.6 Å². The average molecular weight is 576 g/mol. The number of nitrogens with zero attached hydrogens (tertiary/aromatic N) is 5. The Bertz CT molecular complexity index is 1950. The van der Waals surface area contributed by atoms with E-state index in [9.17, 15) is 4.79 Å². The summed E-state index contributed by atoms with van der Waals surface area (Å²) < 4.78 is 14.4. The molecule has 6 rings (SSSR count). The maximum atomic E-state index is 13.3. The third-order valence-corrected chi connectivity index (χ3v) is 7.57. The number of thiazole rings is 1. The predicted octanol–water partition coefficient (Wildman–Crippen LogP) is 5.54. The number of para-hydroxylation sites is 1. The zero-order chi connectivity index (χ0) is 27.1. The van der Waals surface area contributed by atoms with E-state index in [-0.39, 0.29) is 5.56 Å². The van der Waals surface area contributed by atoms with Crippen LogP contribution in [-0.2, 0) is 0 Å². The first-order valence-corrected chi connectivity index (χ1v) is 13.3. The Labute approximate surface area is 236 Å². The minimum absolute atomic E-state index is 0.287. The van der Waals surface area contributed by atoms with Crippen LogP contribution in [0.15, 0.2) is 77.7 Å². The Hall–Kier alpha value is -4.18. The Morgan fingerprint density at radius 1 is 0.923 bits per heavy atom. The van der Waals surface area contributed by atoms with E-state index < -0.39 is 0 Å². The van der Waals surface area contributed by atoms with Crippen molar-refractivity contribution in [3.63, 3.8) is 0 Å². The first-order valence-electron chi connectivity index (χ1n) is 11.7. The topological polar surface area (TPSA) is 83.5 Å². The average Bonchev–Trinajstić information content (AvgIpc) is 3.64. The SMILES string of the molecule is COc1ccc(-c2nn(-c3ccccc3)cc2C=c2sc3nc(-c4ccc(Cl)cc4Cl)nn3c2=O)cc1OC. The predicted molar refractivity (Wildman–Crippen MR) is 153 cm³/mol. The van der Waals surface area contributed by atoms with E-state index in [1.165, 1.54) is 15.9 Å². The number of hydrogen-bond donors (Lipinski definition) is 0. The number of fused-ring (bicyclic) bond motifs is 1. The van der Waals surface area contributed by atoms with Crippen molar-refractivity contribution in [3.8, 4) is 39.8 Å². The quantitative estimate of drug-likeness (QED) is 0.259. The van der Waals surface area contributed by atoms with Gasteiger partial charge in [0.15, 0.2) is 17.3 Å². The Kier molecular flexibility index (Phi) is 6.56. The van der Waals surface area contributed by atoms with E-state index in [2.05, 4.69) is 10.1 Å². The molecular weight excluding hydrogens is 557 g/mol. The number of aromatic nitrogens is 5. The molecule has 194 valence electrons. The maximum Gasteiger partial charge on any atom is 0.291 e. The highest BCUT2D eigenvalue weighted by Crippen LogP contribution is 2.34. The standard InChI is InChI=1S/C28H19Cl2N5O3S/c1-37-22-11-8-16(12-23(22)38-2)25-17(15-34(32-25)19-6-4-3-5-7-19)13-24-27(36)35-28(39-24)31-26(33-35)20-10-9-18(29)14-21(20)30/h3-15H,1-2H3. The van der Waals surface area contributed by atoms with Crippen molar-refractivity contribution in [1.29, 1.82) is 0 Å². The van der Waals surface area contributed by atoms with Gasteiger partial charge in [0.25, 0.3) is 5.56 Å². The van der Waals surface area contributed by atoms with Crippen molar-refractivity contribution in [2.45, 2.75) is 0 Å². The largest absolute Gasteiger partial charge is 0.493 e. The molecule has 0 saturated carbocycles. The lowest BCUT2D eigenvalue weighted by molar-refractivity contribution is 0.355. The molecule has 0 N–H and O–H groups in total. The van der Waals surface area contributed by atoms with Gasteiger partial charge in [-0.05, 0) is 54.6 Å². The molecule has 8 nitrogen and oxygen atoms in total. The van der Waals surface area contributed by atoms with Crippen LogP contribution in [0.5, 0.6) is 11.5 Å². The molecule has 3 aromatic heterocycles. The number of rotatable bonds is 6. The normalized spacial score (nSPS) is 11.8. The third-order valence-electron chi connectivity index (χ3n) is 6.06. The van der Waals surface area contributed by atoms with Crippen LogP contribution in [0.1, 0.15) is 5.56 Å². The molecule has 11 heteroatoms. The van der Waals surface area contributed by atoms with Crippen LogP contribution in [-0.4, -0.2) is 38.6 Å². The summed E-state index contributed by atoms with van der Waals surface area (Å²) in [5.74, 6) is 1.54. The lowest BCUT2D eigenvalue weighted by Gasteiger charge is -2.09. The monoisotopic (exact) mass is 575 g/mol. The number of hydrogen-bond acceptors (Lipinski definition) is 7. The Morgan fingerprint density at radius 2 is 1.72 bits per heavy atom. The summed E-state index contributed by atoms with van der Waals surface area (Å²) in [5.41, 5.74) is 3.42. The fraction of sp³-hybridized carbons (Fsp3) is 0.0714. The molecule has 3 aromatic carbocycles. The van der Waals surface area contributed by atoms with Gasteiger partial charge in [-0.1, -0.05) is 52.7 Å². The molecule has 0 radical (unpaired) electrons. The van der Waals surface area contributed by atoms with Crippen LogP contribution >= 0.6 is 34.5 Å². The van der Waals surface area contributed by atoms with Gasteiger partial charge in [0.2, 0.25) is 4.96 Å². The highest BCUT2D eigenvalue weighted by Gasteiger charge is 2.17. The first kappa shape index (κ1) is 25.1. The van der Waals surface area contributed by atoms with Crippen molar-refractivity contribution in [3.05, 3.63) is 103 Å². The fourth-order valence-electron chi connectivity index (χ4n) is 4.17. The maximum absolute atomic E-state index is 13.3. The van der Waals surface area contributed by atoms with Gasteiger partial charge >= 0.3 is 0 Å². The molecule has 0 spiro atoms. The summed E-state index contributed by atoms with van der Waals surface area (Å²) in [6, 6.07) is 20.4. The van der Waals surface area contributed by atoms with Gasteiger partial charge in [0.1, 0.15) is 5.69 Å². The summed E-state index contributed by atoms with van der Waals surface area (Å²) in [6.07, 6.45) is 3.69. The lowest BCUT2D eigenvalue weighted by atomic mass is 10.1. The molecule has 0 saturated heterocycles. The van der Waals surface area contributed by atoms with E-state index in [1.807, 2.05) is 54.7 Å². The van der Waals surface area contributed by atoms with Gasteiger partial charge in [-0.15, -0.1) is 5.10 Å². The van der Waals surface area contributed by atoms with Gasteiger partial charge in [0.05, 0.1) is 29.5 Å². The number of ether oxygens (including phenoxy) is 2. The second-order valence-electron chi connectivity index (χ2n) is 8.45. The molecule has 39 heavy (non-hydrogen) atoms. The summed E-state index contributed by atoms with van der Waals surface area (Å²) in [7, 11) is 3.17. The Balaban J connectivity index is 1.49. The molecule has 0 amide bonds. The zero-order valence-corrected chi connectivity index (χ0v) is 23.0. The van der Waals surface area contributed by atoms with Gasteiger partial charge in [-0.3, -0.25) is 4.79 Å². The molecule has 0 aliphatic rings. The minimum atomic E-state index is -0.287. The van der Waals surface area contributed by atoms with Crippen LogP contribution in [0.4, 0.5) is 0 Å². The minimum Gasteiger partial charge on any atom is -0.493 e. The molecular formula is C28H19Cl2N5O3S. The molecule has 6 aromatic rings. The van der Waals surface area contributed by atoms with E-state index in [0.29, 0.717) is 48.1 Å². The van der Waals surface area contributed by atoms with Crippen LogP contribution in [0, 0.1) is 0 Å². The highest BCUT2D eigenvalue weighted by atomic mass is 35.5. The highest BCUT2D eigenvalue weighted by molar-refractivity contribution is 7.15. The third kappa shape index (κ3) is 4.65. The van der Waals surface area contributed by atoms with Gasteiger partial charge in [0, 0.05) is 27.9 Å². The molecule has 0 aliphatic carbocycles. The van der Waals surface area contributed by atoms with Crippen molar-refractivity contribution in [1.82, 2.24) is 24.4 Å². The van der Waals surface area contributed by atoms with E-state index in [0.717, 1.165) is 16.8 Å². The smallest absolute Gasteiger partial charge is 0.291 e. The van der Waals surface area contributed by atoms with Crippen molar-refractivity contribution >= 4 is 45.6 Å². The molecule has 3 heterocycles. The molecule has 0 atom stereocenters. The second-order valence-corrected chi connectivity index (χ2v) is 10.3. The van der Waals surface area contributed by atoms with Gasteiger partial charge < -0.3 is 9.47 Å². The molecule has 0 unspecified atom stereocenters. The summed E-state index contributed by atoms with van der Waals surface area (Å²) in [6.45, 7) is 0. The first-order chi connectivity index (χ1) is 18.9. The summed E-state index contributed by atoms with van der Waals surface area (Å²) >= 11 is 13.6. The summed E-state index contributed by atoms with van der Waals surface area (Å²) in [5, 5.41) is 10.2. The van der Waals surface area contributed by atoms with Crippen molar-refractivity contribution < 1.29 is 9.47 Å². The molecule has 0 fully saturated rings. The van der Waals surface area contributed by atoms with E-state index >= 15 is 0 Å². The van der Waals surface area contributed by atoms with Crippen LogP contribution in [0.3, 0.4) is 0 Å². The number of methoxy groups -OCH3 is 2. The molecule has 0 bridgehead atoms. The summed E-state index contributed by atoms with van der Waals surface area (Å²) in [4.78, 5) is 18.3. The lowest BCUT2D eigenvalue weighted by Crippen LogP contribution is -2.23. The van der Waals surface area contributed by atoms with Crippen molar-refractivity contribution in [2.75, 3.05) is 14.2 Å². The van der Waals surface area contributed by atoms with Crippen molar-refractivity contribution in [2.24, 2.45) is 0 Å². The van der Waals surface area contributed by atoms with Crippen LogP contribution in [0.2, 0.25) is 10.0 Å². The van der Waals surface area contributed by atoms with Gasteiger partial charge in [-0.25, -0.2) is 4.68 Å².